The number of nitrogens with zero attached hydrogens (tertiary/aromatic N) is 6. The van der Waals surface area contributed by atoms with E-state index in [1.54, 1.807) is 17.5 Å². The third-order valence-electron chi connectivity index (χ3n) is 4.96. The number of aryl methyl sites for hydroxylation is 2. The molecule has 0 aromatic carbocycles. The van der Waals surface area contributed by atoms with Gasteiger partial charge in [0.25, 0.3) is 6.47 Å². The Labute approximate surface area is 183 Å². The summed E-state index contributed by atoms with van der Waals surface area (Å²) in [5.41, 5.74) is 10.8. The summed E-state index contributed by atoms with van der Waals surface area (Å²) in [5, 5.41) is 21.9. The van der Waals surface area contributed by atoms with Gasteiger partial charge in [-0.1, -0.05) is 11.3 Å². The lowest BCUT2D eigenvalue weighted by molar-refractivity contribution is -0.122. The highest BCUT2D eigenvalue weighted by Crippen LogP contribution is 2.37. The van der Waals surface area contributed by atoms with E-state index < -0.39 is 0 Å². The number of nitrogens with two attached hydrogens (primary N) is 1. The van der Waals surface area contributed by atoms with Crippen LogP contribution in [-0.2, 0) is 16.6 Å². The Morgan fingerprint density at radius 3 is 2.61 bits per heavy atom. The molecule has 3 aromatic heterocycles. The number of nitrogen functional groups attached to an aromatic ring is 1. The van der Waals surface area contributed by atoms with Crippen molar-refractivity contribution in [3.63, 3.8) is 0 Å². The van der Waals surface area contributed by atoms with Gasteiger partial charge in [-0.3, -0.25) is 9.48 Å². The summed E-state index contributed by atoms with van der Waals surface area (Å²) in [4.78, 5) is 20.5. The molecule has 0 aliphatic carbocycles. The van der Waals surface area contributed by atoms with Crippen LogP contribution in [-0.4, -0.2) is 57.6 Å². The highest BCUT2D eigenvalue weighted by molar-refractivity contribution is 7.18. The van der Waals surface area contributed by atoms with Gasteiger partial charge >= 0.3 is 0 Å². The first-order chi connectivity index (χ1) is 14.9. The monoisotopic (exact) mass is 441 g/mol. The summed E-state index contributed by atoms with van der Waals surface area (Å²) in [6, 6.07) is 4.12. The number of morpholine rings is 1. The normalized spacial score (nSPS) is 13.3. The number of carboxylic acid groups (broad SMARTS) is 1. The van der Waals surface area contributed by atoms with Gasteiger partial charge in [0.2, 0.25) is 0 Å². The van der Waals surface area contributed by atoms with E-state index in [0.717, 1.165) is 51.3 Å². The van der Waals surface area contributed by atoms with Crippen LogP contribution in [0.3, 0.4) is 0 Å². The standard InChI is InChI=1S/C19H21N7OS.CH2O2/c1-11-17(12(2)25(3)24-11)15-8-13(14(9-20)18(21)23-15)16-10-22-19(28-16)26-4-6-27-7-5-26;2-1-3/h8,10H,4-7H2,1-3H3,(H2,21,23);1H,(H,2,3). The van der Waals surface area contributed by atoms with Crippen molar-refractivity contribution in [3.8, 4) is 27.8 Å². The first-order valence-electron chi connectivity index (χ1n) is 9.49. The second-order valence-electron chi connectivity index (χ2n) is 6.81. The minimum Gasteiger partial charge on any atom is -0.483 e. The summed E-state index contributed by atoms with van der Waals surface area (Å²) in [5.74, 6) is 0.221. The first kappa shape index (κ1) is 22.2. The molecule has 0 spiro atoms. The van der Waals surface area contributed by atoms with Gasteiger partial charge in [0.05, 0.1) is 29.5 Å². The van der Waals surface area contributed by atoms with Gasteiger partial charge in [-0.2, -0.15) is 10.4 Å². The molecule has 162 valence electrons. The molecule has 4 heterocycles. The predicted octanol–water partition coefficient (Wildman–Crippen LogP) is 2.21. The minimum absolute atomic E-state index is 0.221. The number of rotatable bonds is 3. The van der Waals surface area contributed by atoms with Crippen LogP contribution >= 0.6 is 11.3 Å². The van der Waals surface area contributed by atoms with Gasteiger partial charge in [0.1, 0.15) is 17.5 Å². The van der Waals surface area contributed by atoms with E-state index in [1.165, 1.54) is 0 Å². The molecular weight excluding hydrogens is 418 g/mol. The molecular formula is C20H23N7O3S. The summed E-state index contributed by atoms with van der Waals surface area (Å²) in [7, 11) is 1.90. The number of pyridine rings is 1. The molecule has 4 rings (SSSR count). The van der Waals surface area contributed by atoms with Crippen molar-refractivity contribution in [2.45, 2.75) is 13.8 Å². The quantitative estimate of drug-likeness (QED) is 0.585. The third-order valence-corrected chi connectivity index (χ3v) is 6.06. The lowest BCUT2D eigenvalue weighted by Crippen LogP contribution is -2.36. The van der Waals surface area contributed by atoms with Gasteiger partial charge in [-0.05, 0) is 19.9 Å². The molecule has 0 radical (unpaired) electrons. The molecule has 3 aromatic rings. The second-order valence-corrected chi connectivity index (χ2v) is 7.82. The Balaban J connectivity index is 0.000000858. The van der Waals surface area contributed by atoms with Gasteiger partial charge in [0.15, 0.2) is 5.13 Å². The van der Waals surface area contributed by atoms with Gasteiger partial charge in [0, 0.05) is 43.2 Å². The Morgan fingerprint density at radius 2 is 2.03 bits per heavy atom. The Morgan fingerprint density at radius 1 is 1.35 bits per heavy atom. The number of hydrogen-bond donors (Lipinski definition) is 2. The van der Waals surface area contributed by atoms with E-state index in [-0.39, 0.29) is 12.3 Å². The summed E-state index contributed by atoms with van der Waals surface area (Å²) in [6.45, 7) is 6.72. The predicted molar refractivity (Wildman–Crippen MR) is 118 cm³/mol. The largest absolute Gasteiger partial charge is 0.483 e. The molecule has 0 bridgehead atoms. The van der Waals surface area contributed by atoms with Crippen molar-refractivity contribution in [2.24, 2.45) is 7.05 Å². The topological polar surface area (TPSA) is 143 Å². The number of carbonyl (C=O) groups is 1. The molecule has 10 nitrogen and oxygen atoms in total. The lowest BCUT2D eigenvalue weighted by atomic mass is 10.0. The molecule has 0 amide bonds. The summed E-state index contributed by atoms with van der Waals surface area (Å²) < 4.78 is 7.24. The maximum Gasteiger partial charge on any atom is 0.290 e. The maximum absolute atomic E-state index is 9.66. The number of ether oxygens (including phenoxy) is 1. The number of hydrogen-bond acceptors (Lipinski definition) is 9. The van der Waals surface area contributed by atoms with Crippen molar-refractivity contribution in [2.75, 3.05) is 36.9 Å². The van der Waals surface area contributed by atoms with E-state index in [0.29, 0.717) is 18.8 Å². The van der Waals surface area contributed by atoms with Crippen LogP contribution in [0.4, 0.5) is 10.9 Å². The van der Waals surface area contributed by atoms with Gasteiger partial charge < -0.3 is 20.5 Å². The van der Waals surface area contributed by atoms with E-state index in [4.69, 9.17) is 20.4 Å². The number of thiazole rings is 1. The zero-order chi connectivity index (χ0) is 22.5. The number of aromatic nitrogens is 4. The van der Waals surface area contributed by atoms with Crippen LogP contribution < -0.4 is 10.6 Å². The average molecular weight is 442 g/mol. The van der Waals surface area contributed by atoms with Crippen molar-refractivity contribution in [3.05, 3.63) is 29.2 Å². The van der Waals surface area contributed by atoms with Crippen LogP contribution in [0, 0.1) is 25.2 Å². The zero-order valence-corrected chi connectivity index (χ0v) is 18.3. The van der Waals surface area contributed by atoms with Crippen molar-refractivity contribution in [1.82, 2.24) is 19.7 Å². The minimum atomic E-state index is -0.250. The van der Waals surface area contributed by atoms with Crippen molar-refractivity contribution in [1.29, 1.82) is 5.26 Å². The zero-order valence-electron chi connectivity index (χ0n) is 17.5. The van der Waals surface area contributed by atoms with Crippen LogP contribution in [0.1, 0.15) is 17.0 Å². The molecule has 1 aliphatic heterocycles. The van der Waals surface area contributed by atoms with Crippen LogP contribution in [0.2, 0.25) is 0 Å². The first-order valence-corrected chi connectivity index (χ1v) is 10.3. The summed E-state index contributed by atoms with van der Waals surface area (Å²) >= 11 is 1.55. The molecule has 11 heteroatoms. The van der Waals surface area contributed by atoms with Crippen molar-refractivity contribution >= 4 is 28.8 Å². The summed E-state index contributed by atoms with van der Waals surface area (Å²) in [6.07, 6.45) is 1.80. The maximum atomic E-state index is 9.66. The molecule has 0 atom stereocenters. The number of nitriles is 1. The highest BCUT2D eigenvalue weighted by atomic mass is 32.1. The Kier molecular flexibility index (Phi) is 6.84. The van der Waals surface area contributed by atoms with Crippen LogP contribution in [0.5, 0.6) is 0 Å². The molecule has 1 aliphatic rings. The smallest absolute Gasteiger partial charge is 0.290 e. The fourth-order valence-electron chi connectivity index (χ4n) is 3.44. The van der Waals surface area contributed by atoms with Crippen LogP contribution in [0.15, 0.2) is 12.3 Å². The SMILES string of the molecule is Cc1nn(C)c(C)c1-c1cc(-c2cnc(N3CCOCC3)s2)c(C#N)c(N)n1.O=CO. The highest BCUT2D eigenvalue weighted by Gasteiger charge is 2.21. The molecule has 0 saturated carbocycles. The fourth-order valence-corrected chi connectivity index (χ4v) is 4.43. The van der Waals surface area contributed by atoms with E-state index in [2.05, 4.69) is 26.0 Å². The third kappa shape index (κ3) is 4.50. The molecule has 1 saturated heterocycles. The number of anilines is 2. The molecule has 31 heavy (non-hydrogen) atoms. The second kappa shape index (κ2) is 9.55. The van der Waals surface area contributed by atoms with Crippen molar-refractivity contribution < 1.29 is 14.6 Å². The molecule has 0 unspecified atom stereocenters. The Bertz CT molecular complexity index is 1130. The van der Waals surface area contributed by atoms with E-state index in [9.17, 15) is 5.26 Å². The van der Waals surface area contributed by atoms with Gasteiger partial charge in [-0.25, -0.2) is 9.97 Å². The van der Waals surface area contributed by atoms with Crippen LogP contribution in [0.25, 0.3) is 21.7 Å². The lowest BCUT2D eigenvalue weighted by Gasteiger charge is -2.25. The Hall–Kier alpha value is -3.49. The fraction of sp³-hybridized carbons (Fsp3) is 0.350. The molecule has 3 N–H and O–H groups in total. The van der Waals surface area contributed by atoms with E-state index in [1.807, 2.05) is 31.6 Å². The van der Waals surface area contributed by atoms with Gasteiger partial charge in [-0.15, -0.1) is 0 Å². The molecule has 1 fully saturated rings. The average Bonchev–Trinajstić information content (AvgIpc) is 3.33. The van der Waals surface area contributed by atoms with E-state index >= 15 is 0 Å².